The second kappa shape index (κ2) is 5.33. The lowest BCUT2D eigenvalue weighted by molar-refractivity contribution is 0.879. The first-order chi connectivity index (χ1) is 9.26. The number of benzene rings is 1. The molecule has 0 spiro atoms. The molecular weight excluding hydrogens is 252 g/mol. The molecule has 100 valence electrons. The van der Waals surface area contributed by atoms with Gasteiger partial charge in [-0.1, -0.05) is 31.5 Å². The Balaban J connectivity index is 1.84. The molecule has 0 saturated heterocycles. The quantitative estimate of drug-likeness (QED) is 0.920. The predicted octanol–water partition coefficient (Wildman–Crippen LogP) is 3.76. The van der Waals surface area contributed by atoms with E-state index in [1.54, 1.807) is 22.5 Å². The summed E-state index contributed by atoms with van der Waals surface area (Å²) >= 11 is 1.65. The highest BCUT2D eigenvalue weighted by Gasteiger charge is 2.13. The van der Waals surface area contributed by atoms with Crippen LogP contribution in [0, 0.1) is 0 Å². The van der Waals surface area contributed by atoms with Crippen LogP contribution < -0.4 is 5.73 Å². The molecule has 3 heteroatoms. The standard InChI is InChI=1S/C16H20N2S/c1-2-4-14-15(19-16(17)18-14)10-11-7-8-12-5-3-6-13(12)9-11/h7-9H,2-6,10H2,1H3,(H2,17,18). The monoisotopic (exact) mass is 272 g/mol. The van der Waals surface area contributed by atoms with E-state index in [1.807, 2.05) is 0 Å². The fraction of sp³-hybridized carbons (Fsp3) is 0.438. The average molecular weight is 272 g/mol. The molecule has 0 saturated carbocycles. The van der Waals surface area contributed by atoms with Gasteiger partial charge in [0.1, 0.15) is 0 Å². The summed E-state index contributed by atoms with van der Waals surface area (Å²) in [6, 6.07) is 6.96. The molecule has 0 amide bonds. The zero-order valence-electron chi connectivity index (χ0n) is 11.4. The summed E-state index contributed by atoms with van der Waals surface area (Å²) < 4.78 is 0. The Morgan fingerprint density at radius 3 is 2.95 bits per heavy atom. The van der Waals surface area contributed by atoms with Crippen LogP contribution in [0.1, 0.15) is 47.0 Å². The van der Waals surface area contributed by atoms with Gasteiger partial charge in [-0.3, -0.25) is 0 Å². The first kappa shape index (κ1) is 12.7. The molecule has 1 aliphatic rings. The Morgan fingerprint density at radius 2 is 2.11 bits per heavy atom. The molecule has 1 aromatic heterocycles. The number of fused-ring (bicyclic) bond motifs is 1. The van der Waals surface area contributed by atoms with Gasteiger partial charge in [0.25, 0.3) is 0 Å². The molecular formula is C16H20N2S. The largest absolute Gasteiger partial charge is 0.375 e. The minimum Gasteiger partial charge on any atom is -0.375 e. The molecule has 0 aliphatic heterocycles. The molecule has 0 bridgehead atoms. The van der Waals surface area contributed by atoms with Crippen molar-refractivity contribution in [1.29, 1.82) is 0 Å². The number of aryl methyl sites for hydroxylation is 3. The Labute approximate surface area is 118 Å². The average Bonchev–Trinajstić information content (AvgIpc) is 2.97. The Morgan fingerprint density at radius 1 is 1.26 bits per heavy atom. The van der Waals surface area contributed by atoms with Gasteiger partial charge in [-0.25, -0.2) is 4.98 Å². The SMILES string of the molecule is CCCc1nc(N)sc1Cc1ccc2c(c1)CCC2. The van der Waals surface area contributed by atoms with Gasteiger partial charge < -0.3 is 5.73 Å². The van der Waals surface area contributed by atoms with Gasteiger partial charge in [0.15, 0.2) is 5.13 Å². The minimum atomic E-state index is 0.708. The lowest BCUT2D eigenvalue weighted by atomic mass is 10.0. The Kier molecular flexibility index (Phi) is 3.56. The normalized spacial score (nSPS) is 13.7. The van der Waals surface area contributed by atoms with Crippen molar-refractivity contribution in [3.05, 3.63) is 45.5 Å². The van der Waals surface area contributed by atoms with Crippen LogP contribution in [0.15, 0.2) is 18.2 Å². The van der Waals surface area contributed by atoms with Crippen LogP contribution in [-0.4, -0.2) is 4.98 Å². The highest BCUT2D eigenvalue weighted by molar-refractivity contribution is 7.15. The number of thiazole rings is 1. The molecule has 19 heavy (non-hydrogen) atoms. The van der Waals surface area contributed by atoms with Crippen molar-refractivity contribution in [2.24, 2.45) is 0 Å². The second-order valence-electron chi connectivity index (χ2n) is 5.31. The van der Waals surface area contributed by atoms with Gasteiger partial charge >= 0.3 is 0 Å². The third kappa shape index (κ3) is 2.66. The van der Waals surface area contributed by atoms with Gasteiger partial charge in [0, 0.05) is 11.3 Å². The van der Waals surface area contributed by atoms with Crippen LogP contribution >= 0.6 is 11.3 Å². The van der Waals surface area contributed by atoms with Gasteiger partial charge in [0.2, 0.25) is 0 Å². The van der Waals surface area contributed by atoms with Crippen LogP contribution in [0.3, 0.4) is 0 Å². The van der Waals surface area contributed by atoms with Gasteiger partial charge in [-0.05, 0) is 42.4 Å². The lowest BCUT2D eigenvalue weighted by Gasteiger charge is -2.05. The number of anilines is 1. The number of nitrogens with two attached hydrogens (primary N) is 1. The van der Waals surface area contributed by atoms with E-state index in [2.05, 4.69) is 30.1 Å². The number of aromatic nitrogens is 1. The van der Waals surface area contributed by atoms with Crippen LogP contribution in [-0.2, 0) is 25.7 Å². The number of nitrogens with zero attached hydrogens (tertiary/aromatic N) is 1. The predicted molar refractivity (Wildman–Crippen MR) is 81.8 cm³/mol. The first-order valence-corrected chi connectivity index (χ1v) is 7.92. The summed E-state index contributed by atoms with van der Waals surface area (Å²) in [6.07, 6.45) is 6.96. The Bertz CT molecular complexity index is 586. The van der Waals surface area contributed by atoms with E-state index in [-0.39, 0.29) is 0 Å². The number of nitrogen functional groups attached to an aromatic ring is 1. The molecule has 1 aliphatic carbocycles. The summed E-state index contributed by atoms with van der Waals surface area (Å²) in [5.41, 5.74) is 11.6. The molecule has 2 N–H and O–H groups in total. The minimum absolute atomic E-state index is 0.708. The highest BCUT2D eigenvalue weighted by atomic mass is 32.1. The summed E-state index contributed by atoms with van der Waals surface area (Å²) in [7, 11) is 0. The molecule has 3 rings (SSSR count). The van der Waals surface area contributed by atoms with Crippen LogP contribution in [0.5, 0.6) is 0 Å². The van der Waals surface area contributed by atoms with Crippen molar-refractivity contribution in [2.75, 3.05) is 5.73 Å². The molecule has 2 aromatic rings. The fourth-order valence-corrected chi connectivity index (χ4v) is 3.81. The van der Waals surface area contributed by atoms with E-state index in [0.29, 0.717) is 5.13 Å². The van der Waals surface area contributed by atoms with E-state index in [4.69, 9.17) is 5.73 Å². The van der Waals surface area contributed by atoms with Gasteiger partial charge in [0.05, 0.1) is 5.69 Å². The van der Waals surface area contributed by atoms with E-state index >= 15 is 0 Å². The van der Waals surface area contributed by atoms with Crippen molar-refractivity contribution in [2.45, 2.75) is 45.4 Å². The number of hydrogen-bond acceptors (Lipinski definition) is 3. The fourth-order valence-electron chi connectivity index (χ4n) is 2.89. The molecule has 0 unspecified atom stereocenters. The lowest BCUT2D eigenvalue weighted by Crippen LogP contribution is -1.94. The third-order valence-corrected chi connectivity index (χ3v) is 4.74. The number of hydrogen-bond donors (Lipinski definition) is 1. The van der Waals surface area contributed by atoms with Gasteiger partial charge in [-0.2, -0.15) is 0 Å². The van der Waals surface area contributed by atoms with Crippen molar-refractivity contribution in [3.8, 4) is 0 Å². The topological polar surface area (TPSA) is 38.9 Å². The van der Waals surface area contributed by atoms with E-state index < -0.39 is 0 Å². The maximum atomic E-state index is 5.86. The highest BCUT2D eigenvalue weighted by Crippen LogP contribution is 2.27. The van der Waals surface area contributed by atoms with E-state index in [9.17, 15) is 0 Å². The Hall–Kier alpha value is -1.35. The zero-order chi connectivity index (χ0) is 13.2. The number of rotatable bonds is 4. The molecule has 1 heterocycles. The van der Waals surface area contributed by atoms with Crippen LogP contribution in [0.25, 0.3) is 0 Å². The second-order valence-corrected chi connectivity index (χ2v) is 6.42. The molecule has 0 radical (unpaired) electrons. The first-order valence-electron chi connectivity index (χ1n) is 7.11. The van der Waals surface area contributed by atoms with E-state index in [0.717, 1.165) is 19.3 Å². The van der Waals surface area contributed by atoms with Crippen molar-refractivity contribution in [3.63, 3.8) is 0 Å². The summed E-state index contributed by atoms with van der Waals surface area (Å²) in [6.45, 7) is 2.19. The summed E-state index contributed by atoms with van der Waals surface area (Å²) in [5.74, 6) is 0. The smallest absolute Gasteiger partial charge is 0.180 e. The third-order valence-electron chi connectivity index (χ3n) is 3.81. The van der Waals surface area contributed by atoms with Crippen molar-refractivity contribution in [1.82, 2.24) is 4.98 Å². The molecule has 1 aromatic carbocycles. The zero-order valence-corrected chi connectivity index (χ0v) is 12.2. The molecule has 0 fully saturated rings. The maximum absolute atomic E-state index is 5.86. The molecule has 2 nitrogen and oxygen atoms in total. The summed E-state index contributed by atoms with van der Waals surface area (Å²) in [4.78, 5) is 5.81. The van der Waals surface area contributed by atoms with Crippen LogP contribution in [0.4, 0.5) is 5.13 Å². The van der Waals surface area contributed by atoms with E-state index in [1.165, 1.54) is 35.4 Å². The van der Waals surface area contributed by atoms with Crippen LogP contribution in [0.2, 0.25) is 0 Å². The van der Waals surface area contributed by atoms with Crippen molar-refractivity contribution < 1.29 is 0 Å². The van der Waals surface area contributed by atoms with Gasteiger partial charge in [-0.15, -0.1) is 11.3 Å². The van der Waals surface area contributed by atoms with Crippen molar-refractivity contribution >= 4 is 16.5 Å². The molecule has 0 atom stereocenters. The summed E-state index contributed by atoms with van der Waals surface area (Å²) in [5, 5.41) is 0.708. The maximum Gasteiger partial charge on any atom is 0.180 e.